The Balaban J connectivity index is 1.87. The van der Waals surface area contributed by atoms with Crippen molar-refractivity contribution in [3.05, 3.63) is 59.6 Å². The summed E-state index contributed by atoms with van der Waals surface area (Å²) in [5.41, 5.74) is 4.84. The lowest BCUT2D eigenvalue weighted by Gasteiger charge is -2.22. The van der Waals surface area contributed by atoms with Crippen molar-refractivity contribution in [1.82, 2.24) is 0 Å². The topological polar surface area (TPSA) is 20.3 Å². The van der Waals surface area contributed by atoms with Crippen LogP contribution in [0.25, 0.3) is 17.0 Å². The molecule has 4 heteroatoms. The van der Waals surface area contributed by atoms with Gasteiger partial charge in [0.15, 0.2) is 0 Å². The maximum Gasteiger partial charge on any atom is 0.413 e. The lowest BCUT2D eigenvalue weighted by Crippen LogP contribution is -2.50. The Bertz CT molecular complexity index is 942. The Hall–Kier alpha value is -2.49. The van der Waals surface area contributed by atoms with E-state index >= 15 is 0 Å². The summed E-state index contributed by atoms with van der Waals surface area (Å²) in [6.45, 7) is 6.78. The molecule has 0 fully saturated rings. The van der Waals surface area contributed by atoms with Crippen LogP contribution in [0.15, 0.2) is 47.1 Å². The van der Waals surface area contributed by atoms with Gasteiger partial charge in [-0.25, -0.2) is 4.57 Å². The molecular formula is C19H20BN2O+. The lowest BCUT2D eigenvalue weighted by atomic mass is 9.54. The molecule has 23 heavy (non-hydrogen) atoms. The van der Waals surface area contributed by atoms with E-state index in [9.17, 15) is 0 Å². The number of rotatable bonds is 1. The summed E-state index contributed by atoms with van der Waals surface area (Å²) >= 11 is 0. The fraction of sp³-hybridized carbons (Fsp3) is 0.211. The Labute approximate surface area is 136 Å². The summed E-state index contributed by atoms with van der Waals surface area (Å²) in [4.78, 5) is 2.32. The van der Waals surface area contributed by atoms with Crippen LogP contribution in [0.3, 0.4) is 0 Å². The molecule has 3 aromatic rings. The van der Waals surface area contributed by atoms with Crippen LogP contribution in [-0.2, 0) is 7.05 Å². The summed E-state index contributed by atoms with van der Waals surface area (Å²) < 4.78 is 8.19. The second-order valence-corrected chi connectivity index (χ2v) is 6.38. The summed E-state index contributed by atoms with van der Waals surface area (Å²) in [5, 5.41) is 1.20. The maximum absolute atomic E-state index is 6.00. The number of aromatic nitrogens is 1. The van der Waals surface area contributed by atoms with Gasteiger partial charge >= 0.3 is 6.85 Å². The van der Waals surface area contributed by atoms with Crippen LogP contribution >= 0.6 is 0 Å². The number of anilines is 1. The molecule has 114 valence electrons. The predicted octanol–water partition coefficient (Wildman–Crippen LogP) is 3.19. The van der Waals surface area contributed by atoms with E-state index in [4.69, 9.17) is 4.42 Å². The highest BCUT2D eigenvalue weighted by molar-refractivity contribution is 6.79. The standard InChI is InChI=1S/C19H20BN2O/c1-13-11-18(21(4)12-14(13)2)22-10-9-17-19(20(22)3)15-7-5-6-8-16(15)23-17/h5-12H,1-4H3/q+1. The van der Waals surface area contributed by atoms with Gasteiger partial charge in [0.1, 0.15) is 11.3 Å². The number of furan rings is 1. The van der Waals surface area contributed by atoms with Crippen molar-refractivity contribution in [3.8, 4) is 0 Å². The molecule has 0 atom stereocenters. The maximum atomic E-state index is 6.00. The Morgan fingerprint density at radius 2 is 1.91 bits per heavy atom. The highest BCUT2D eigenvalue weighted by atomic mass is 16.3. The first kappa shape index (κ1) is 14.1. The van der Waals surface area contributed by atoms with Crippen molar-refractivity contribution < 1.29 is 8.98 Å². The molecule has 0 aliphatic carbocycles. The fourth-order valence-corrected chi connectivity index (χ4v) is 3.45. The fourth-order valence-electron chi connectivity index (χ4n) is 3.45. The average molecular weight is 303 g/mol. The van der Waals surface area contributed by atoms with Gasteiger partial charge in [-0.2, -0.15) is 0 Å². The minimum Gasteiger partial charge on any atom is -0.457 e. The number of fused-ring (bicyclic) bond motifs is 3. The number of hydrogen-bond donors (Lipinski definition) is 0. The number of pyridine rings is 1. The molecule has 2 aromatic heterocycles. The molecule has 3 nitrogen and oxygen atoms in total. The third-order valence-corrected chi connectivity index (χ3v) is 4.86. The van der Waals surface area contributed by atoms with Gasteiger partial charge in [-0.05, 0) is 37.9 Å². The van der Waals surface area contributed by atoms with Gasteiger partial charge in [-0.15, -0.1) is 0 Å². The normalized spacial score (nSPS) is 13.7. The Morgan fingerprint density at radius 3 is 2.74 bits per heavy atom. The van der Waals surface area contributed by atoms with Crippen molar-refractivity contribution in [2.24, 2.45) is 7.05 Å². The van der Waals surface area contributed by atoms with Crippen LogP contribution in [0.2, 0.25) is 6.82 Å². The van der Waals surface area contributed by atoms with E-state index in [-0.39, 0.29) is 6.85 Å². The van der Waals surface area contributed by atoms with E-state index in [0.29, 0.717) is 0 Å². The molecule has 0 saturated carbocycles. The summed E-state index contributed by atoms with van der Waals surface area (Å²) in [6, 6.07) is 10.5. The van der Waals surface area contributed by atoms with Crippen LogP contribution < -0.4 is 14.8 Å². The second kappa shape index (κ2) is 5.02. The molecule has 1 aliphatic heterocycles. The third-order valence-electron chi connectivity index (χ3n) is 4.86. The van der Waals surface area contributed by atoms with E-state index in [1.807, 2.05) is 12.1 Å². The summed E-state index contributed by atoms with van der Waals surface area (Å²) in [5.74, 6) is 2.16. The van der Waals surface area contributed by atoms with Crippen molar-refractivity contribution in [3.63, 3.8) is 0 Å². The van der Waals surface area contributed by atoms with E-state index in [0.717, 1.165) is 11.3 Å². The Morgan fingerprint density at radius 1 is 1.13 bits per heavy atom. The van der Waals surface area contributed by atoms with Crippen molar-refractivity contribution >= 4 is 35.2 Å². The largest absolute Gasteiger partial charge is 0.457 e. The zero-order valence-corrected chi connectivity index (χ0v) is 14.0. The SMILES string of the molecule is CB1c2c(oc3ccccc23)C=CN1c1cc(C)c(C)c[n+]1C. The summed E-state index contributed by atoms with van der Waals surface area (Å²) in [7, 11) is 2.10. The van der Waals surface area contributed by atoms with Gasteiger partial charge < -0.3 is 4.42 Å². The van der Waals surface area contributed by atoms with Crippen LogP contribution in [-0.4, -0.2) is 6.85 Å². The number of hydrogen-bond acceptors (Lipinski definition) is 2. The van der Waals surface area contributed by atoms with E-state index in [1.165, 1.54) is 27.8 Å². The summed E-state index contributed by atoms with van der Waals surface area (Å²) in [6.07, 6.45) is 6.39. The lowest BCUT2D eigenvalue weighted by molar-refractivity contribution is -0.658. The molecule has 1 aliphatic rings. The molecule has 0 saturated heterocycles. The molecule has 0 N–H and O–H groups in total. The predicted molar refractivity (Wildman–Crippen MR) is 96.1 cm³/mol. The smallest absolute Gasteiger partial charge is 0.413 e. The first-order valence-corrected chi connectivity index (χ1v) is 8.01. The van der Waals surface area contributed by atoms with E-state index in [1.54, 1.807) is 0 Å². The highest BCUT2D eigenvalue weighted by Crippen LogP contribution is 2.25. The van der Waals surface area contributed by atoms with Crippen molar-refractivity contribution in [2.45, 2.75) is 20.7 Å². The minimum absolute atomic E-state index is 0.229. The monoisotopic (exact) mass is 303 g/mol. The van der Waals surface area contributed by atoms with Gasteiger partial charge in [-0.1, -0.05) is 18.2 Å². The van der Waals surface area contributed by atoms with Gasteiger partial charge in [0.05, 0.1) is 19.4 Å². The first-order valence-electron chi connectivity index (χ1n) is 8.01. The second-order valence-electron chi connectivity index (χ2n) is 6.38. The molecular weight excluding hydrogens is 283 g/mol. The molecule has 3 heterocycles. The van der Waals surface area contributed by atoms with Gasteiger partial charge in [-0.3, -0.25) is 4.81 Å². The molecule has 0 bridgehead atoms. The Kier molecular flexibility index (Phi) is 3.08. The molecule has 0 unspecified atom stereocenters. The number of para-hydroxylation sites is 1. The highest BCUT2D eigenvalue weighted by Gasteiger charge is 2.37. The molecule has 0 radical (unpaired) electrons. The quantitative estimate of drug-likeness (QED) is 0.508. The van der Waals surface area contributed by atoms with Crippen LogP contribution in [0.5, 0.6) is 0 Å². The zero-order valence-electron chi connectivity index (χ0n) is 14.0. The van der Waals surface area contributed by atoms with Crippen LogP contribution in [0.1, 0.15) is 16.9 Å². The first-order chi connectivity index (χ1) is 11.1. The van der Waals surface area contributed by atoms with Gasteiger partial charge in [0, 0.05) is 23.0 Å². The van der Waals surface area contributed by atoms with E-state index < -0.39 is 0 Å². The number of nitrogens with zero attached hydrogens (tertiary/aromatic N) is 2. The minimum atomic E-state index is 0.229. The number of benzene rings is 1. The van der Waals surface area contributed by atoms with Crippen molar-refractivity contribution in [2.75, 3.05) is 4.81 Å². The van der Waals surface area contributed by atoms with Crippen LogP contribution in [0.4, 0.5) is 5.82 Å². The average Bonchev–Trinajstić information content (AvgIpc) is 2.91. The molecule has 0 spiro atoms. The van der Waals surface area contributed by atoms with Crippen molar-refractivity contribution in [1.29, 1.82) is 0 Å². The number of aryl methyl sites for hydroxylation is 3. The van der Waals surface area contributed by atoms with Gasteiger partial charge in [0.2, 0.25) is 0 Å². The molecule has 1 aromatic carbocycles. The third kappa shape index (κ3) is 2.09. The molecule has 0 amide bonds. The molecule has 4 rings (SSSR count). The zero-order chi connectivity index (χ0) is 16.1. The van der Waals surface area contributed by atoms with E-state index in [2.05, 4.69) is 73.8 Å². The van der Waals surface area contributed by atoms with Gasteiger partial charge in [0.25, 0.3) is 5.82 Å². The van der Waals surface area contributed by atoms with Crippen LogP contribution in [0, 0.1) is 13.8 Å².